The molecule has 9 aromatic rings. The summed E-state index contributed by atoms with van der Waals surface area (Å²) in [6, 6.07) is 52.8. The summed E-state index contributed by atoms with van der Waals surface area (Å²) >= 11 is 0. The highest BCUT2D eigenvalue weighted by Gasteiger charge is 2.28. The molecule has 0 radical (unpaired) electrons. The summed E-state index contributed by atoms with van der Waals surface area (Å²) in [6.45, 7) is 0. The van der Waals surface area contributed by atoms with Gasteiger partial charge in [0.2, 0.25) is 0 Å². The van der Waals surface area contributed by atoms with Crippen molar-refractivity contribution in [2.24, 2.45) is 9.98 Å². The van der Waals surface area contributed by atoms with Crippen molar-refractivity contribution in [3.8, 4) is 56.0 Å². The molecule has 0 saturated heterocycles. The summed E-state index contributed by atoms with van der Waals surface area (Å²) < 4.78 is 0. The van der Waals surface area contributed by atoms with Gasteiger partial charge in [-0.2, -0.15) is 0 Å². The minimum atomic E-state index is 0.643. The minimum absolute atomic E-state index is 0.643. The van der Waals surface area contributed by atoms with Crippen molar-refractivity contribution in [3.63, 3.8) is 0 Å². The Balaban J connectivity index is 1.24. The second-order valence-electron chi connectivity index (χ2n) is 13.1. The van der Waals surface area contributed by atoms with E-state index >= 15 is 0 Å². The van der Waals surface area contributed by atoms with Crippen LogP contribution in [-0.4, -0.2) is 15.0 Å². The van der Waals surface area contributed by atoms with Gasteiger partial charge in [0.1, 0.15) is 0 Å². The largest absolute Gasteiger partial charge is 0.354 e. The molecule has 2 aliphatic rings. The van der Waals surface area contributed by atoms with E-state index in [1.807, 2.05) is 18.3 Å². The number of hydrogen-bond acceptors (Lipinski definition) is 4. The summed E-state index contributed by atoms with van der Waals surface area (Å²) in [7, 11) is 0. The molecule has 2 aromatic heterocycles. The lowest BCUT2D eigenvalue weighted by molar-refractivity contribution is 1.18. The zero-order valence-electron chi connectivity index (χ0n) is 27.3. The molecule has 236 valence electrons. The fourth-order valence-electron chi connectivity index (χ4n) is 7.94. The number of aromatic nitrogens is 3. The quantitative estimate of drug-likeness (QED) is 0.206. The van der Waals surface area contributed by atoms with Gasteiger partial charge >= 0.3 is 0 Å². The molecule has 7 aromatic carbocycles. The summed E-state index contributed by atoms with van der Waals surface area (Å²) in [6.07, 6.45) is 1.99. The Kier molecular flexibility index (Phi) is 5.89. The lowest BCUT2D eigenvalue weighted by Crippen LogP contribution is -2.03. The molecule has 5 heteroatoms. The van der Waals surface area contributed by atoms with Crippen molar-refractivity contribution in [1.29, 1.82) is 0 Å². The first-order chi connectivity index (χ1) is 25.3. The van der Waals surface area contributed by atoms with Gasteiger partial charge in [-0.25, -0.2) is 20.0 Å². The highest BCUT2D eigenvalue weighted by atomic mass is 14.9. The highest BCUT2D eigenvalue weighted by Crippen LogP contribution is 2.49. The third kappa shape index (κ3) is 4.15. The Labute approximate surface area is 292 Å². The zero-order chi connectivity index (χ0) is 33.5. The number of hydrogen-bond donors (Lipinski definition) is 1. The molecule has 0 spiro atoms. The number of H-pyrrole nitrogens is 1. The Morgan fingerprint density at radius 2 is 1.20 bits per heavy atom. The number of aromatic amines is 1. The average Bonchev–Trinajstić information content (AvgIpc) is 3.89. The molecule has 2 aliphatic heterocycles. The predicted molar refractivity (Wildman–Crippen MR) is 204 cm³/mol. The van der Waals surface area contributed by atoms with Crippen LogP contribution in [0.5, 0.6) is 0 Å². The van der Waals surface area contributed by atoms with E-state index in [2.05, 4.69) is 145 Å². The van der Waals surface area contributed by atoms with Crippen molar-refractivity contribution in [2.75, 3.05) is 0 Å². The summed E-state index contributed by atoms with van der Waals surface area (Å²) in [5.41, 5.74) is 13.0. The molecular formula is C46H27N5. The number of nitrogens with one attached hydrogen (secondary N) is 1. The molecule has 1 N–H and O–H groups in total. The van der Waals surface area contributed by atoms with E-state index in [0.29, 0.717) is 5.82 Å². The van der Waals surface area contributed by atoms with Crippen molar-refractivity contribution >= 4 is 33.2 Å². The molecule has 4 heterocycles. The number of fused-ring (bicyclic) bond motifs is 9. The number of rotatable bonds is 4. The summed E-state index contributed by atoms with van der Waals surface area (Å²) in [4.78, 5) is 24.9. The number of benzene rings is 7. The van der Waals surface area contributed by atoms with Crippen LogP contribution in [0.1, 0.15) is 0 Å². The van der Waals surface area contributed by atoms with E-state index in [4.69, 9.17) is 20.0 Å². The van der Waals surface area contributed by atoms with E-state index in [1.54, 1.807) is 0 Å². The summed E-state index contributed by atoms with van der Waals surface area (Å²) in [5.74, 6) is 0.643. The second-order valence-corrected chi connectivity index (χ2v) is 13.1. The van der Waals surface area contributed by atoms with Gasteiger partial charge in [0, 0.05) is 60.7 Å². The van der Waals surface area contributed by atoms with E-state index in [9.17, 15) is 0 Å². The SMILES string of the molecule is c1ccc(-c2cnc(-c3c(-c4ccccc4)ccc4c3-c3c5c(ccc3=N4)=c3ccccc3=N5)nc2-c2cccc3c2[nH]c2ccccc23)cc1. The van der Waals surface area contributed by atoms with Crippen LogP contribution in [0, 0.1) is 10.4 Å². The van der Waals surface area contributed by atoms with Crippen LogP contribution < -0.4 is 10.7 Å². The van der Waals surface area contributed by atoms with Gasteiger partial charge < -0.3 is 4.98 Å². The highest BCUT2D eigenvalue weighted by molar-refractivity contribution is 6.12. The van der Waals surface area contributed by atoms with E-state index in [-0.39, 0.29) is 0 Å². The van der Waals surface area contributed by atoms with Gasteiger partial charge in [-0.05, 0) is 47.0 Å². The number of nitrogens with zero attached hydrogens (tertiary/aromatic N) is 4. The number of para-hydroxylation sites is 3. The molecule has 0 unspecified atom stereocenters. The van der Waals surface area contributed by atoms with E-state index in [1.165, 1.54) is 5.39 Å². The normalized spacial score (nSPS) is 12.2. The molecule has 11 rings (SSSR count). The Bertz CT molecular complexity index is 3130. The Hall–Kier alpha value is -6.98. The van der Waals surface area contributed by atoms with E-state index < -0.39 is 0 Å². The fraction of sp³-hybridized carbons (Fsp3) is 0. The topological polar surface area (TPSA) is 66.3 Å². The van der Waals surface area contributed by atoms with Gasteiger partial charge in [0.15, 0.2) is 5.82 Å². The lowest BCUT2D eigenvalue weighted by atomic mass is 9.89. The maximum absolute atomic E-state index is 5.58. The van der Waals surface area contributed by atoms with Gasteiger partial charge in [-0.15, -0.1) is 0 Å². The van der Waals surface area contributed by atoms with Crippen molar-refractivity contribution in [3.05, 3.63) is 179 Å². The van der Waals surface area contributed by atoms with Gasteiger partial charge in [0.05, 0.1) is 33.3 Å². The van der Waals surface area contributed by atoms with Crippen LogP contribution in [0.15, 0.2) is 168 Å². The van der Waals surface area contributed by atoms with Gasteiger partial charge in [0.25, 0.3) is 0 Å². The van der Waals surface area contributed by atoms with Crippen LogP contribution in [0.4, 0.5) is 11.4 Å². The van der Waals surface area contributed by atoms with Crippen LogP contribution >= 0.6 is 0 Å². The molecule has 51 heavy (non-hydrogen) atoms. The standard InChI is InChI=1S/C46H27N5/c1-3-12-27(13-4-1)29-22-24-38-41(42-39(48-38)25-23-33-31-17-8-10-21-37(31)50-45(33)42)40(29)46-47-26-35(28-14-5-2-6-15-28)44(51-46)34-19-11-18-32-30-16-7-9-20-36(30)49-43(32)34/h1-26,49H. The fourth-order valence-corrected chi connectivity index (χ4v) is 7.94. The lowest BCUT2D eigenvalue weighted by Gasteiger charge is -2.17. The maximum atomic E-state index is 5.58. The van der Waals surface area contributed by atoms with Crippen LogP contribution in [0.2, 0.25) is 0 Å². The molecule has 0 fully saturated rings. The first-order valence-electron chi connectivity index (χ1n) is 17.2. The van der Waals surface area contributed by atoms with Crippen molar-refractivity contribution in [1.82, 2.24) is 15.0 Å². The summed E-state index contributed by atoms with van der Waals surface area (Å²) in [5, 5.41) is 6.51. The Morgan fingerprint density at radius 3 is 2.06 bits per heavy atom. The van der Waals surface area contributed by atoms with E-state index in [0.717, 1.165) is 99.1 Å². The third-order valence-corrected chi connectivity index (χ3v) is 10.2. The molecule has 0 saturated carbocycles. The van der Waals surface area contributed by atoms with Crippen LogP contribution in [0.3, 0.4) is 0 Å². The maximum Gasteiger partial charge on any atom is 0.161 e. The molecule has 0 bridgehead atoms. The zero-order valence-corrected chi connectivity index (χ0v) is 27.3. The molecule has 0 amide bonds. The average molecular weight is 650 g/mol. The smallest absolute Gasteiger partial charge is 0.161 e. The molecule has 5 nitrogen and oxygen atoms in total. The Morgan fingerprint density at radius 1 is 0.451 bits per heavy atom. The monoisotopic (exact) mass is 649 g/mol. The van der Waals surface area contributed by atoms with Crippen LogP contribution in [0.25, 0.3) is 77.8 Å². The van der Waals surface area contributed by atoms with Gasteiger partial charge in [-0.3, -0.25) is 0 Å². The second kappa shape index (κ2) is 10.8. The molecule has 0 atom stereocenters. The minimum Gasteiger partial charge on any atom is -0.354 e. The van der Waals surface area contributed by atoms with Gasteiger partial charge in [-0.1, -0.05) is 121 Å². The van der Waals surface area contributed by atoms with Crippen LogP contribution in [-0.2, 0) is 0 Å². The van der Waals surface area contributed by atoms with Crippen molar-refractivity contribution < 1.29 is 0 Å². The first kappa shape index (κ1) is 27.9. The first-order valence-corrected chi connectivity index (χ1v) is 17.2. The third-order valence-electron chi connectivity index (χ3n) is 10.2. The molecular weight excluding hydrogens is 623 g/mol. The van der Waals surface area contributed by atoms with Crippen molar-refractivity contribution in [2.45, 2.75) is 0 Å². The predicted octanol–water partition coefficient (Wildman–Crippen LogP) is 10.3. The molecule has 0 aliphatic carbocycles.